The fraction of sp³-hybridized carbons (Fsp3) is 0. The number of nitrogens with zero attached hydrogens (tertiary/aromatic N) is 1. The summed E-state index contributed by atoms with van der Waals surface area (Å²) in [6, 6.07) is 0. The van der Waals surface area contributed by atoms with Crippen LogP contribution >= 0.6 is 0 Å². The summed E-state index contributed by atoms with van der Waals surface area (Å²) in [4.78, 5) is 0. The first-order valence-corrected chi connectivity index (χ1v) is 0.183. The van der Waals surface area contributed by atoms with Gasteiger partial charge in [0.25, 0.3) is 0 Å². The van der Waals surface area contributed by atoms with Crippen molar-refractivity contribution in [2.75, 3.05) is 0 Å². The van der Waals surface area contributed by atoms with Gasteiger partial charge in [0.2, 0.25) is 0 Å². The van der Waals surface area contributed by atoms with Crippen molar-refractivity contribution >= 4 is 0 Å². The van der Waals surface area contributed by atoms with E-state index in [9.17, 15) is 0 Å². The Labute approximate surface area is 91.2 Å². The van der Waals surface area contributed by atoms with Crippen LogP contribution < -0.4 is 62.0 Å². The molecule has 0 bridgehead atoms. The minimum atomic E-state index is 0. The Kier molecular flexibility index (Phi) is 2130. The van der Waals surface area contributed by atoms with E-state index < -0.39 is 0 Å². The van der Waals surface area contributed by atoms with Crippen molar-refractivity contribution in [2.24, 2.45) is 0 Å². The molecule has 0 spiro atoms. The summed E-state index contributed by atoms with van der Waals surface area (Å²) in [7, 11) is 0. The molecule has 0 saturated carbocycles. The van der Waals surface area contributed by atoms with Crippen LogP contribution in [0.15, 0.2) is 0 Å². The van der Waals surface area contributed by atoms with Crippen LogP contribution in [-0.2, 0) is 24.3 Å². The van der Waals surface area contributed by atoms with E-state index in [1.54, 1.807) is 0 Å². The first kappa shape index (κ1) is 99.0. The van der Waals surface area contributed by atoms with Crippen molar-refractivity contribution in [3.63, 3.8) is 0 Å². The van der Waals surface area contributed by atoms with E-state index in [-0.39, 0.29) is 81.5 Å². The largest absolute Gasteiger partial charge is 2.00 e. The first-order valence-electron chi connectivity index (χ1n) is 0.183. The second kappa shape index (κ2) is 172. The van der Waals surface area contributed by atoms with Crippen LogP contribution in [0.3, 0.4) is 0 Å². The molecule has 0 aliphatic rings. The van der Waals surface area contributed by atoms with Crippen molar-refractivity contribution in [3.05, 3.63) is 0 Å². The topological polar surface area (TPSA) is 43.7 Å². The number of halogens is 5. The van der Waals surface area contributed by atoms with E-state index >= 15 is 0 Å². The molecule has 0 aromatic rings. The van der Waals surface area contributed by atoms with Crippen molar-refractivity contribution in [3.8, 4) is 0 Å². The molecule has 2 nitrogen and oxygen atoms in total. The summed E-state index contributed by atoms with van der Waals surface area (Å²) in [5.74, 6) is 0. The van der Waals surface area contributed by atoms with Crippen molar-refractivity contribution in [1.29, 1.82) is 5.46 Å². The third kappa shape index (κ3) is 116. The zero-order valence-electron chi connectivity index (χ0n) is 3.10. The average Bonchev–Trinajstić information content (AvgIpc) is 1.00. The molecular weight excluding hydrogens is 308 g/mol. The fourth-order valence-corrected chi connectivity index (χ4v) is 0. The predicted octanol–water partition coefficient (Wildman–Crippen LogP) is -15.1. The minimum Gasteiger partial charge on any atom is -1.00 e. The third-order valence-electron chi connectivity index (χ3n) is 0. The molecule has 0 aromatic carbocycles. The van der Waals surface area contributed by atoms with Crippen LogP contribution in [0.25, 0.3) is 0 Å². The smallest absolute Gasteiger partial charge is 1.00 e. The Hall–Kier alpha value is 1.74. The second-order valence-electron chi connectivity index (χ2n) is 0. The molecule has 0 saturated heterocycles. The van der Waals surface area contributed by atoms with Gasteiger partial charge in [-0.2, -0.15) is 0 Å². The Balaban J connectivity index is -0.000000000333. The van der Waals surface area contributed by atoms with Gasteiger partial charge in [-0.3, -0.25) is 0 Å². The zero-order chi connectivity index (χ0) is 2.00. The maximum Gasteiger partial charge on any atom is 2.00 e. The number of hydrogen-bond acceptors (Lipinski definition) is 1. The first-order chi connectivity index (χ1) is 1.00. The molecule has 0 aliphatic heterocycles. The van der Waals surface area contributed by atoms with Gasteiger partial charge >= 0.3 is 29.7 Å². The van der Waals surface area contributed by atoms with Gasteiger partial charge in [0.1, 0.15) is 0 Å². The standard InChI is InChI=1S/5ClH.NO.Ru/c;;;;;1-2;/h5*1H;;/q;;;;;+1;+2/p-5. The summed E-state index contributed by atoms with van der Waals surface area (Å²) in [5, 5.41) is 0. The third-order valence-corrected chi connectivity index (χ3v) is 0. The van der Waals surface area contributed by atoms with Crippen LogP contribution in [0.1, 0.15) is 0 Å². The van der Waals surface area contributed by atoms with Gasteiger partial charge in [-0.1, -0.05) is 0 Å². The molecule has 8 heteroatoms. The van der Waals surface area contributed by atoms with Crippen LogP contribution in [0.2, 0.25) is 0 Å². The Morgan fingerprint density at radius 1 is 0.625 bits per heavy atom. The average molecular weight is 308 g/mol. The van der Waals surface area contributed by atoms with Gasteiger partial charge in [0.15, 0.2) is 0 Å². The molecule has 0 rings (SSSR count). The van der Waals surface area contributed by atoms with E-state index in [0.29, 0.717) is 0 Å². The maximum atomic E-state index is 7.25. The summed E-state index contributed by atoms with van der Waals surface area (Å²) >= 11 is 0. The molecule has 0 heterocycles. The Bertz CT molecular complexity index is 17.1. The monoisotopic (exact) mass is 307 g/mol. The second-order valence-corrected chi connectivity index (χ2v) is 0. The molecule has 0 N–H and O–H groups in total. The van der Waals surface area contributed by atoms with Gasteiger partial charge in [-0.25, -0.2) is 0 Å². The van der Waals surface area contributed by atoms with Crippen molar-refractivity contribution < 1.29 is 86.3 Å². The number of hydrogen-bond donors (Lipinski definition) is 0. The van der Waals surface area contributed by atoms with E-state index in [0.717, 1.165) is 0 Å². The van der Waals surface area contributed by atoms with Gasteiger partial charge in [0.05, 0.1) is 0 Å². The molecule has 0 aromatic heterocycles. The van der Waals surface area contributed by atoms with Crippen LogP contribution in [0, 0.1) is 5.46 Å². The van der Waals surface area contributed by atoms with Crippen LogP contribution in [0.4, 0.5) is 0 Å². The van der Waals surface area contributed by atoms with E-state index in [1.807, 2.05) is 0 Å². The Morgan fingerprint density at radius 3 is 0.625 bits per heavy atom. The van der Waals surface area contributed by atoms with E-state index in [4.69, 9.17) is 10.2 Å². The summed E-state index contributed by atoms with van der Waals surface area (Å²) in [6.45, 7) is 0. The Morgan fingerprint density at radius 2 is 0.625 bits per heavy atom. The zero-order valence-corrected chi connectivity index (χ0v) is 8.62. The molecule has 8 heavy (non-hydrogen) atoms. The SMILES string of the molecule is N#[O+].[Cl-].[Cl-].[Cl-].[Cl-].[Cl-].[Ru+2]. The molecule has 0 atom stereocenters. The summed E-state index contributed by atoms with van der Waals surface area (Å²) < 4.78 is 7.25. The van der Waals surface area contributed by atoms with Crippen LogP contribution in [-0.4, -0.2) is 0 Å². The molecule has 56 valence electrons. The molecule has 0 fully saturated rings. The van der Waals surface area contributed by atoms with Gasteiger partial charge in [-0.15, -0.1) is 0 Å². The molecule has 0 radical (unpaired) electrons. The normalized spacial score (nSPS) is 0.250. The van der Waals surface area contributed by atoms with Gasteiger partial charge in [0, 0.05) is 0 Å². The van der Waals surface area contributed by atoms with Crippen molar-refractivity contribution in [1.82, 2.24) is 0 Å². The minimum absolute atomic E-state index is 0. The number of rotatable bonds is 0. The van der Waals surface area contributed by atoms with E-state index in [2.05, 4.69) is 0 Å². The molecule has 0 aliphatic carbocycles. The summed E-state index contributed by atoms with van der Waals surface area (Å²) in [6.07, 6.45) is 0. The fourth-order valence-electron chi connectivity index (χ4n) is 0. The van der Waals surface area contributed by atoms with Crippen LogP contribution in [0.5, 0.6) is 0 Å². The molecule has 0 unspecified atom stereocenters. The van der Waals surface area contributed by atoms with Gasteiger partial charge < -0.3 is 62.0 Å². The predicted molar refractivity (Wildman–Crippen MR) is 2.41 cm³/mol. The van der Waals surface area contributed by atoms with Gasteiger partial charge in [-0.05, 0) is 0 Å². The molecule has 0 amide bonds. The van der Waals surface area contributed by atoms with E-state index in [1.165, 1.54) is 0 Å². The quantitative estimate of drug-likeness (QED) is 0.324. The maximum absolute atomic E-state index is 7.25. The van der Waals surface area contributed by atoms with Crippen molar-refractivity contribution in [2.45, 2.75) is 0 Å². The molecular formula is Cl5NORu-2. The summed E-state index contributed by atoms with van der Waals surface area (Å²) in [5.41, 5.74) is 5.75.